The number of thiophene rings is 1. The molecule has 0 saturated carbocycles. The standard InChI is InChI=1S/C60H41NS/c1-60(46-16-3-2-4-17-46)55-23-10-7-19-51(55)52-37-32-44(39-56(52)60)41-28-33-47(34-29-41)61(57-24-11-8-18-49(57)45-27-26-40-14-5-6-15-43(40)38-45)48-35-30-42(31-36-48)50-21-13-22-54-53-20-9-12-25-58(53)62-59(50)54/h2-39H,1H3. The number of rotatable bonds is 7. The third-order valence-electron chi connectivity index (χ3n) is 13.2. The van der Waals surface area contributed by atoms with Crippen molar-refractivity contribution < 1.29 is 0 Å². The van der Waals surface area contributed by atoms with Gasteiger partial charge in [-0.3, -0.25) is 0 Å². The molecule has 0 saturated heterocycles. The van der Waals surface area contributed by atoms with E-state index in [-0.39, 0.29) is 5.41 Å². The fourth-order valence-electron chi connectivity index (χ4n) is 10.0. The SMILES string of the molecule is CC1(c2ccccc2)c2ccccc2-c2ccc(-c3ccc(N(c4ccc(-c5cccc6c5sc5ccccc56)cc4)c4ccccc4-c4ccc5ccccc5c4)cc3)cc21. The van der Waals surface area contributed by atoms with E-state index in [1.165, 1.54) is 92.1 Å². The van der Waals surface area contributed by atoms with E-state index in [1.807, 2.05) is 11.3 Å². The summed E-state index contributed by atoms with van der Waals surface area (Å²) in [5, 5.41) is 5.11. The molecule has 0 N–H and O–H groups in total. The second kappa shape index (κ2) is 14.6. The molecule has 1 nitrogen and oxygen atoms in total. The van der Waals surface area contributed by atoms with Crippen LogP contribution < -0.4 is 4.90 Å². The van der Waals surface area contributed by atoms with Crippen molar-refractivity contribution in [3.05, 3.63) is 247 Å². The number of hydrogen-bond acceptors (Lipinski definition) is 2. The molecule has 0 aliphatic heterocycles. The molecule has 1 heterocycles. The molecule has 10 aromatic carbocycles. The van der Waals surface area contributed by atoms with E-state index in [2.05, 4.69) is 242 Å². The molecule has 0 bridgehead atoms. The van der Waals surface area contributed by atoms with Crippen molar-refractivity contribution in [2.45, 2.75) is 12.3 Å². The minimum atomic E-state index is -0.249. The van der Waals surface area contributed by atoms with Crippen LogP contribution in [-0.2, 0) is 5.41 Å². The molecule has 0 radical (unpaired) electrons. The lowest BCUT2D eigenvalue weighted by Crippen LogP contribution is -2.22. The highest BCUT2D eigenvalue weighted by molar-refractivity contribution is 7.26. The first kappa shape index (κ1) is 36.3. The predicted molar refractivity (Wildman–Crippen MR) is 265 cm³/mol. The number of nitrogens with zero attached hydrogens (tertiary/aromatic N) is 1. The highest BCUT2D eigenvalue weighted by Crippen LogP contribution is 2.53. The molecule has 12 rings (SSSR count). The minimum absolute atomic E-state index is 0.249. The Kier molecular flexibility index (Phi) is 8.55. The molecule has 1 aliphatic carbocycles. The van der Waals surface area contributed by atoms with Crippen LogP contribution in [0.4, 0.5) is 17.1 Å². The average Bonchev–Trinajstić information content (AvgIpc) is 3.85. The molecule has 62 heavy (non-hydrogen) atoms. The maximum Gasteiger partial charge on any atom is 0.0540 e. The van der Waals surface area contributed by atoms with Gasteiger partial charge in [0.15, 0.2) is 0 Å². The van der Waals surface area contributed by atoms with Gasteiger partial charge in [-0.05, 0) is 122 Å². The Labute approximate surface area is 366 Å². The molecule has 11 aromatic rings. The van der Waals surface area contributed by atoms with Gasteiger partial charge in [-0.1, -0.05) is 182 Å². The summed E-state index contributed by atoms with van der Waals surface area (Å²) in [7, 11) is 0. The highest BCUT2D eigenvalue weighted by atomic mass is 32.1. The molecular formula is C60H41NS. The summed E-state index contributed by atoms with van der Waals surface area (Å²) in [6, 6.07) is 85.0. The van der Waals surface area contributed by atoms with Gasteiger partial charge in [0.05, 0.1) is 5.69 Å². The smallest absolute Gasteiger partial charge is 0.0540 e. The summed E-state index contributed by atoms with van der Waals surface area (Å²) < 4.78 is 2.65. The minimum Gasteiger partial charge on any atom is -0.310 e. The van der Waals surface area contributed by atoms with Gasteiger partial charge < -0.3 is 4.90 Å². The summed E-state index contributed by atoms with van der Waals surface area (Å²) in [4.78, 5) is 2.42. The van der Waals surface area contributed by atoms with Crippen molar-refractivity contribution in [2.75, 3.05) is 4.90 Å². The van der Waals surface area contributed by atoms with Gasteiger partial charge in [0.25, 0.3) is 0 Å². The number of anilines is 3. The Morgan fingerprint density at radius 1 is 0.371 bits per heavy atom. The maximum absolute atomic E-state index is 2.43. The first-order valence-corrected chi connectivity index (χ1v) is 22.2. The van der Waals surface area contributed by atoms with Gasteiger partial charge in [0.2, 0.25) is 0 Å². The summed E-state index contributed by atoms with van der Waals surface area (Å²) in [5.74, 6) is 0. The fraction of sp³-hybridized carbons (Fsp3) is 0.0333. The number of fused-ring (bicyclic) bond motifs is 7. The highest BCUT2D eigenvalue weighted by Gasteiger charge is 2.40. The Hall–Kier alpha value is -7.52. The molecule has 1 aliphatic rings. The molecule has 2 heteroatoms. The normalized spacial score (nSPS) is 14.3. The van der Waals surface area contributed by atoms with Crippen molar-refractivity contribution in [3.8, 4) is 44.5 Å². The summed E-state index contributed by atoms with van der Waals surface area (Å²) in [6.45, 7) is 2.39. The van der Waals surface area contributed by atoms with Crippen LogP contribution in [-0.4, -0.2) is 0 Å². The molecule has 1 aromatic heterocycles. The van der Waals surface area contributed by atoms with Gasteiger partial charge in [0.1, 0.15) is 0 Å². The molecule has 1 unspecified atom stereocenters. The van der Waals surface area contributed by atoms with E-state index in [9.17, 15) is 0 Å². The Bertz CT molecular complexity index is 3470. The van der Waals surface area contributed by atoms with E-state index < -0.39 is 0 Å². The lowest BCUT2D eigenvalue weighted by molar-refractivity contribution is 0.714. The Balaban J connectivity index is 0.971. The van der Waals surface area contributed by atoms with Gasteiger partial charge in [-0.15, -0.1) is 11.3 Å². The number of benzene rings is 10. The zero-order chi connectivity index (χ0) is 41.2. The first-order chi connectivity index (χ1) is 30.6. The zero-order valence-electron chi connectivity index (χ0n) is 34.3. The van der Waals surface area contributed by atoms with Gasteiger partial charge in [0, 0.05) is 42.5 Å². The van der Waals surface area contributed by atoms with Crippen LogP contribution in [0.5, 0.6) is 0 Å². The maximum atomic E-state index is 2.43. The monoisotopic (exact) mass is 807 g/mol. The zero-order valence-corrected chi connectivity index (χ0v) is 35.1. The lowest BCUT2D eigenvalue weighted by atomic mass is 9.74. The van der Waals surface area contributed by atoms with Crippen LogP contribution >= 0.6 is 11.3 Å². The average molecular weight is 808 g/mol. The van der Waals surface area contributed by atoms with Crippen molar-refractivity contribution >= 4 is 59.3 Å². The second-order valence-corrected chi connectivity index (χ2v) is 17.6. The molecule has 1 atom stereocenters. The van der Waals surface area contributed by atoms with Gasteiger partial charge in [-0.2, -0.15) is 0 Å². The van der Waals surface area contributed by atoms with Crippen molar-refractivity contribution in [3.63, 3.8) is 0 Å². The van der Waals surface area contributed by atoms with Crippen molar-refractivity contribution in [1.29, 1.82) is 0 Å². The van der Waals surface area contributed by atoms with Crippen molar-refractivity contribution in [1.82, 2.24) is 0 Å². The molecule has 0 amide bonds. The summed E-state index contributed by atoms with van der Waals surface area (Å²) in [6.07, 6.45) is 0. The van der Waals surface area contributed by atoms with Crippen LogP contribution in [0.1, 0.15) is 23.6 Å². The second-order valence-electron chi connectivity index (χ2n) is 16.6. The molecule has 0 fully saturated rings. The summed E-state index contributed by atoms with van der Waals surface area (Å²) in [5.41, 5.74) is 17.0. The summed E-state index contributed by atoms with van der Waals surface area (Å²) >= 11 is 1.88. The van der Waals surface area contributed by atoms with Crippen LogP contribution in [0.3, 0.4) is 0 Å². The fourth-order valence-corrected chi connectivity index (χ4v) is 11.3. The van der Waals surface area contributed by atoms with Crippen LogP contribution in [0.25, 0.3) is 75.5 Å². The Morgan fingerprint density at radius 3 is 1.79 bits per heavy atom. The molecule has 0 spiro atoms. The van der Waals surface area contributed by atoms with Crippen LogP contribution in [0.15, 0.2) is 231 Å². The quantitative estimate of drug-likeness (QED) is 0.155. The molecular weight excluding hydrogens is 767 g/mol. The lowest BCUT2D eigenvalue weighted by Gasteiger charge is -2.29. The van der Waals surface area contributed by atoms with E-state index in [0.717, 1.165) is 17.1 Å². The largest absolute Gasteiger partial charge is 0.310 e. The van der Waals surface area contributed by atoms with E-state index >= 15 is 0 Å². The van der Waals surface area contributed by atoms with Crippen LogP contribution in [0.2, 0.25) is 0 Å². The number of para-hydroxylation sites is 1. The van der Waals surface area contributed by atoms with Crippen LogP contribution in [0, 0.1) is 0 Å². The predicted octanol–water partition coefficient (Wildman–Crippen LogP) is 17.0. The molecule has 292 valence electrons. The van der Waals surface area contributed by atoms with E-state index in [1.54, 1.807) is 0 Å². The third-order valence-corrected chi connectivity index (χ3v) is 14.4. The van der Waals surface area contributed by atoms with Gasteiger partial charge >= 0.3 is 0 Å². The van der Waals surface area contributed by atoms with E-state index in [0.29, 0.717) is 0 Å². The van der Waals surface area contributed by atoms with Gasteiger partial charge in [-0.25, -0.2) is 0 Å². The van der Waals surface area contributed by atoms with Crippen molar-refractivity contribution in [2.24, 2.45) is 0 Å². The first-order valence-electron chi connectivity index (χ1n) is 21.4. The third kappa shape index (κ3) is 5.83. The topological polar surface area (TPSA) is 3.24 Å². The Morgan fingerprint density at radius 2 is 0.968 bits per heavy atom. The van der Waals surface area contributed by atoms with E-state index in [4.69, 9.17) is 0 Å². The number of hydrogen-bond donors (Lipinski definition) is 0.